The molecule has 2 nitrogen and oxygen atoms in total. The molecule has 0 unspecified atom stereocenters. The van der Waals surface area contributed by atoms with Crippen LogP contribution in [0.15, 0.2) is 11.6 Å². The monoisotopic (exact) mass is 308 g/mol. The Morgan fingerprint density at radius 2 is 1.82 bits per heavy atom. The first-order chi connectivity index (χ1) is 10.1. The molecular weight excluding hydrogens is 272 g/mol. The smallest absolute Gasteiger partial charge is 0.0653 e. The second-order valence-electron chi connectivity index (χ2n) is 9.12. The van der Waals surface area contributed by atoms with Gasteiger partial charge in [0.05, 0.1) is 12.2 Å². The van der Waals surface area contributed by atoms with Gasteiger partial charge in [0.15, 0.2) is 0 Å². The number of rotatable bonds is 4. The quantitative estimate of drug-likeness (QED) is 0.739. The van der Waals surface area contributed by atoms with Crippen molar-refractivity contribution in [2.24, 2.45) is 22.7 Å². The average Bonchev–Trinajstić information content (AvgIpc) is 2.36. The number of allylic oxidation sites excluding steroid dienone is 1. The van der Waals surface area contributed by atoms with Crippen LogP contribution in [0.1, 0.15) is 79.6 Å². The zero-order chi connectivity index (χ0) is 16.6. The van der Waals surface area contributed by atoms with Gasteiger partial charge in [0.25, 0.3) is 0 Å². The van der Waals surface area contributed by atoms with Crippen LogP contribution in [0.3, 0.4) is 0 Å². The highest BCUT2D eigenvalue weighted by molar-refractivity contribution is 5.09. The van der Waals surface area contributed by atoms with Crippen molar-refractivity contribution in [2.45, 2.75) is 85.2 Å². The van der Waals surface area contributed by atoms with E-state index in [9.17, 15) is 5.11 Å². The second kappa shape index (κ2) is 6.28. The molecule has 0 aromatic carbocycles. The predicted molar refractivity (Wildman–Crippen MR) is 92.7 cm³/mol. The Morgan fingerprint density at radius 3 is 2.45 bits per heavy atom. The Bertz CT molecular complexity index is 421. The van der Waals surface area contributed by atoms with E-state index in [-0.39, 0.29) is 12.0 Å². The van der Waals surface area contributed by atoms with Crippen molar-refractivity contribution in [2.75, 3.05) is 6.61 Å². The molecule has 22 heavy (non-hydrogen) atoms. The lowest BCUT2D eigenvalue weighted by Crippen LogP contribution is -2.57. The summed E-state index contributed by atoms with van der Waals surface area (Å²) in [5, 5.41) is 20.1. The maximum Gasteiger partial charge on any atom is 0.0653 e. The molecule has 2 rings (SSSR count). The lowest BCUT2D eigenvalue weighted by Gasteiger charge is -2.61. The van der Waals surface area contributed by atoms with Crippen molar-refractivity contribution in [3.8, 4) is 0 Å². The largest absolute Gasteiger partial charge is 0.392 e. The van der Waals surface area contributed by atoms with Crippen molar-refractivity contribution in [1.82, 2.24) is 0 Å². The number of aliphatic hydroxyl groups is 2. The van der Waals surface area contributed by atoms with Gasteiger partial charge in [-0.2, -0.15) is 0 Å². The zero-order valence-corrected chi connectivity index (χ0v) is 15.3. The molecule has 0 bridgehead atoms. The van der Waals surface area contributed by atoms with Crippen molar-refractivity contribution in [1.29, 1.82) is 0 Å². The van der Waals surface area contributed by atoms with Gasteiger partial charge in [0, 0.05) is 0 Å². The van der Waals surface area contributed by atoms with Crippen LogP contribution in [0.25, 0.3) is 0 Å². The minimum Gasteiger partial charge on any atom is -0.392 e. The van der Waals surface area contributed by atoms with Gasteiger partial charge in [-0.15, -0.1) is 0 Å². The van der Waals surface area contributed by atoms with Crippen LogP contribution in [0.2, 0.25) is 0 Å². The van der Waals surface area contributed by atoms with E-state index in [1.54, 1.807) is 0 Å². The van der Waals surface area contributed by atoms with Gasteiger partial charge in [-0.05, 0) is 75.0 Å². The molecule has 0 amide bonds. The lowest BCUT2D eigenvalue weighted by molar-refractivity contribution is -0.168. The molecule has 2 aliphatic carbocycles. The summed E-state index contributed by atoms with van der Waals surface area (Å²) in [6.45, 7) is 11.6. The fraction of sp³-hybridized carbons (Fsp3) is 0.900. The fourth-order valence-electron chi connectivity index (χ4n) is 5.90. The zero-order valence-electron chi connectivity index (χ0n) is 15.3. The summed E-state index contributed by atoms with van der Waals surface area (Å²) < 4.78 is 0. The molecule has 0 aromatic rings. The Labute approximate surface area is 137 Å². The molecular formula is C20H36O2. The summed E-state index contributed by atoms with van der Waals surface area (Å²) in [6.07, 6.45) is 9.90. The van der Waals surface area contributed by atoms with Crippen LogP contribution in [0.4, 0.5) is 0 Å². The first-order valence-electron chi connectivity index (χ1n) is 9.12. The molecule has 2 aliphatic rings. The molecule has 0 heterocycles. The Balaban J connectivity index is 2.24. The summed E-state index contributed by atoms with van der Waals surface area (Å²) in [5.74, 6) is 1.08. The third-order valence-electron chi connectivity index (χ3n) is 7.03. The van der Waals surface area contributed by atoms with E-state index in [1.807, 2.05) is 6.08 Å². The van der Waals surface area contributed by atoms with Gasteiger partial charge >= 0.3 is 0 Å². The van der Waals surface area contributed by atoms with Crippen molar-refractivity contribution < 1.29 is 10.2 Å². The van der Waals surface area contributed by atoms with Gasteiger partial charge in [-0.25, -0.2) is 0 Å². The number of fused-ring (bicyclic) bond motifs is 1. The van der Waals surface area contributed by atoms with E-state index in [1.165, 1.54) is 31.3 Å². The summed E-state index contributed by atoms with van der Waals surface area (Å²) in [7, 11) is 0. The van der Waals surface area contributed by atoms with E-state index >= 15 is 0 Å². The normalized spacial score (nSPS) is 42.0. The molecule has 0 aliphatic heterocycles. The first kappa shape index (κ1) is 18.0. The molecule has 2 heteroatoms. The van der Waals surface area contributed by atoms with Gasteiger partial charge in [0.2, 0.25) is 0 Å². The molecule has 2 fully saturated rings. The summed E-state index contributed by atoms with van der Waals surface area (Å²) in [6, 6.07) is 0. The molecule has 0 saturated heterocycles. The van der Waals surface area contributed by atoms with Gasteiger partial charge < -0.3 is 10.2 Å². The van der Waals surface area contributed by atoms with E-state index in [2.05, 4.69) is 34.6 Å². The van der Waals surface area contributed by atoms with E-state index in [4.69, 9.17) is 5.11 Å². The fourth-order valence-corrected chi connectivity index (χ4v) is 5.90. The lowest BCUT2D eigenvalue weighted by atomic mass is 9.45. The Kier molecular flexibility index (Phi) is 5.14. The topological polar surface area (TPSA) is 40.5 Å². The molecule has 0 radical (unpaired) electrons. The SMILES string of the molecule is CC(=CCO)CC[C@H]1[C@@]2(C)CCCC(C)(C)[C@H]2CC[C@@]1(C)O. The molecule has 0 spiro atoms. The van der Waals surface area contributed by atoms with Crippen LogP contribution in [0.5, 0.6) is 0 Å². The van der Waals surface area contributed by atoms with Crippen LogP contribution >= 0.6 is 0 Å². The summed E-state index contributed by atoms with van der Waals surface area (Å²) >= 11 is 0. The maximum atomic E-state index is 11.1. The molecule has 0 aromatic heterocycles. The minimum absolute atomic E-state index is 0.125. The van der Waals surface area contributed by atoms with Crippen LogP contribution in [0, 0.1) is 22.7 Å². The summed E-state index contributed by atoms with van der Waals surface area (Å²) in [5.41, 5.74) is 1.36. The van der Waals surface area contributed by atoms with Crippen molar-refractivity contribution >= 4 is 0 Å². The minimum atomic E-state index is -0.543. The van der Waals surface area contributed by atoms with Gasteiger partial charge in [-0.3, -0.25) is 0 Å². The third-order valence-corrected chi connectivity index (χ3v) is 7.03. The first-order valence-corrected chi connectivity index (χ1v) is 9.12. The average molecular weight is 309 g/mol. The predicted octanol–water partition coefficient (Wildman–Crippen LogP) is 4.70. The van der Waals surface area contributed by atoms with Crippen LogP contribution in [-0.2, 0) is 0 Å². The standard InChI is InChI=1S/C20H36O2/c1-15(10-14-21)7-8-17-19(4)12-6-11-18(2,3)16(19)9-13-20(17,5)22/h10,16-17,21-22H,6-9,11-14H2,1-5H3/t16-,17+,19+,20-/m1/s1. The highest BCUT2D eigenvalue weighted by Gasteiger charge is 2.57. The molecule has 2 saturated carbocycles. The van der Waals surface area contributed by atoms with Crippen molar-refractivity contribution in [3.63, 3.8) is 0 Å². The highest BCUT2D eigenvalue weighted by atomic mass is 16.3. The Hall–Kier alpha value is -0.340. The van der Waals surface area contributed by atoms with Crippen LogP contribution in [-0.4, -0.2) is 22.4 Å². The maximum absolute atomic E-state index is 11.1. The number of aliphatic hydroxyl groups excluding tert-OH is 1. The molecule has 128 valence electrons. The van der Waals surface area contributed by atoms with E-state index < -0.39 is 5.60 Å². The molecule has 4 atom stereocenters. The number of hydrogen-bond donors (Lipinski definition) is 2. The second-order valence-corrected chi connectivity index (χ2v) is 9.12. The van der Waals surface area contributed by atoms with E-state index in [0.717, 1.165) is 25.2 Å². The van der Waals surface area contributed by atoms with Gasteiger partial charge in [0.1, 0.15) is 0 Å². The van der Waals surface area contributed by atoms with Gasteiger partial charge in [-0.1, -0.05) is 38.8 Å². The van der Waals surface area contributed by atoms with E-state index in [0.29, 0.717) is 11.3 Å². The third kappa shape index (κ3) is 3.28. The molecule has 2 N–H and O–H groups in total. The Morgan fingerprint density at radius 1 is 1.14 bits per heavy atom. The van der Waals surface area contributed by atoms with Crippen molar-refractivity contribution in [3.05, 3.63) is 11.6 Å². The number of hydrogen-bond acceptors (Lipinski definition) is 2. The van der Waals surface area contributed by atoms with Crippen LogP contribution < -0.4 is 0 Å². The summed E-state index contributed by atoms with van der Waals surface area (Å²) in [4.78, 5) is 0. The highest BCUT2D eigenvalue weighted by Crippen LogP contribution is 2.62.